The summed E-state index contributed by atoms with van der Waals surface area (Å²) in [6.07, 6.45) is 0. The zero-order chi connectivity index (χ0) is 15.4. The Labute approximate surface area is 120 Å². The number of urea groups is 1. The highest BCUT2D eigenvalue weighted by molar-refractivity contribution is 6.01. The van der Waals surface area contributed by atoms with Crippen molar-refractivity contribution in [1.29, 1.82) is 0 Å². The fourth-order valence-electron chi connectivity index (χ4n) is 1.69. The van der Waals surface area contributed by atoms with E-state index in [1.807, 2.05) is 0 Å². The third-order valence-corrected chi connectivity index (χ3v) is 2.90. The molecule has 6 heteroatoms. The molecule has 0 fully saturated rings. The molecule has 0 heterocycles. The maximum atomic E-state index is 12.8. The largest absolute Gasteiger partial charge is 0.478 e. The molecule has 2 aromatic rings. The lowest BCUT2D eigenvalue weighted by atomic mass is 10.2. The van der Waals surface area contributed by atoms with Gasteiger partial charge in [-0.2, -0.15) is 0 Å². The van der Waals surface area contributed by atoms with Crippen molar-refractivity contribution in [3.8, 4) is 0 Å². The van der Waals surface area contributed by atoms with Crippen molar-refractivity contribution in [2.45, 2.75) is 0 Å². The van der Waals surface area contributed by atoms with Gasteiger partial charge in [0.1, 0.15) is 5.82 Å². The number of nitrogens with one attached hydrogen (secondary N) is 1. The monoisotopic (exact) mass is 288 g/mol. The van der Waals surface area contributed by atoms with Crippen LogP contribution in [0.3, 0.4) is 0 Å². The quantitative estimate of drug-likeness (QED) is 0.911. The molecule has 0 aliphatic heterocycles. The number of halogens is 1. The van der Waals surface area contributed by atoms with E-state index in [0.717, 1.165) is 0 Å². The van der Waals surface area contributed by atoms with Crippen molar-refractivity contribution in [3.63, 3.8) is 0 Å². The summed E-state index contributed by atoms with van der Waals surface area (Å²) in [5.41, 5.74) is 1.15. The van der Waals surface area contributed by atoms with E-state index >= 15 is 0 Å². The molecule has 0 unspecified atom stereocenters. The second-order valence-electron chi connectivity index (χ2n) is 4.35. The fraction of sp³-hybridized carbons (Fsp3) is 0.0667. The molecule has 2 rings (SSSR count). The number of carbonyl (C=O) groups is 2. The van der Waals surface area contributed by atoms with Gasteiger partial charge in [-0.15, -0.1) is 0 Å². The van der Waals surface area contributed by atoms with Gasteiger partial charge in [0, 0.05) is 18.4 Å². The number of hydrogen-bond acceptors (Lipinski definition) is 2. The Bertz CT molecular complexity index is 654. The lowest BCUT2D eigenvalue weighted by Gasteiger charge is -2.18. The molecule has 0 radical (unpaired) electrons. The van der Waals surface area contributed by atoms with E-state index in [9.17, 15) is 14.0 Å². The van der Waals surface area contributed by atoms with Gasteiger partial charge in [0.25, 0.3) is 0 Å². The van der Waals surface area contributed by atoms with Crippen LogP contribution in [-0.4, -0.2) is 24.2 Å². The van der Waals surface area contributed by atoms with Crippen molar-refractivity contribution < 1.29 is 19.1 Å². The van der Waals surface area contributed by atoms with Crippen molar-refractivity contribution in [3.05, 3.63) is 59.9 Å². The molecule has 0 spiro atoms. The van der Waals surface area contributed by atoms with E-state index < -0.39 is 12.0 Å². The van der Waals surface area contributed by atoms with Crippen LogP contribution >= 0.6 is 0 Å². The number of carboxylic acid groups (broad SMARTS) is 1. The Kier molecular flexibility index (Phi) is 4.18. The second-order valence-corrected chi connectivity index (χ2v) is 4.35. The zero-order valence-electron chi connectivity index (χ0n) is 11.2. The summed E-state index contributed by atoms with van der Waals surface area (Å²) >= 11 is 0. The summed E-state index contributed by atoms with van der Waals surface area (Å²) in [5.74, 6) is -1.41. The molecule has 0 bridgehead atoms. The molecular formula is C15H13FN2O3. The van der Waals surface area contributed by atoms with Gasteiger partial charge in [-0.3, -0.25) is 4.90 Å². The molecule has 2 N–H and O–H groups in total. The number of benzene rings is 2. The van der Waals surface area contributed by atoms with Crippen LogP contribution < -0.4 is 10.2 Å². The third-order valence-electron chi connectivity index (χ3n) is 2.90. The molecular weight excluding hydrogens is 275 g/mol. The van der Waals surface area contributed by atoms with Gasteiger partial charge in [0.05, 0.1) is 5.56 Å². The zero-order valence-corrected chi connectivity index (χ0v) is 11.2. The first-order valence-electron chi connectivity index (χ1n) is 6.11. The highest BCUT2D eigenvalue weighted by Gasteiger charge is 2.11. The van der Waals surface area contributed by atoms with Crippen LogP contribution in [0.5, 0.6) is 0 Å². The molecule has 5 nitrogen and oxygen atoms in total. The maximum Gasteiger partial charge on any atom is 0.335 e. The van der Waals surface area contributed by atoms with Crippen LogP contribution in [-0.2, 0) is 0 Å². The van der Waals surface area contributed by atoms with Crippen LogP contribution in [0.4, 0.5) is 20.6 Å². The lowest BCUT2D eigenvalue weighted by Crippen LogP contribution is -2.31. The van der Waals surface area contributed by atoms with Crippen LogP contribution in [0.2, 0.25) is 0 Å². The van der Waals surface area contributed by atoms with Gasteiger partial charge >= 0.3 is 12.0 Å². The number of nitrogens with zero attached hydrogens (tertiary/aromatic N) is 1. The first-order chi connectivity index (χ1) is 9.97. The van der Waals surface area contributed by atoms with Gasteiger partial charge in [0.2, 0.25) is 0 Å². The highest BCUT2D eigenvalue weighted by atomic mass is 19.1. The standard InChI is InChI=1S/C15H13FN2O3/c1-18(13-8-4-11(16)5-9-13)15(21)17-12-6-2-10(3-7-12)14(19)20/h2-9H,1H3,(H,17,21)(H,19,20). The number of amides is 2. The summed E-state index contributed by atoms with van der Waals surface area (Å²) in [4.78, 5) is 24.1. The first-order valence-corrected chi connectivity index (χ1v) is 6.11. The van der Waals surface area contributed by atoms with Crippen molar-refractivity contribution in [1.82, 2.24) is 0 Å². The van der Waals surface area contributed by atoms with Crippen molar-refractivity contribution in [2.24, 2.45) is 0 Å². The SMILES string of the molecule is CN(C(=O)Nc1ccc(C(=O)O)cc1)c1ccc(F)cc1. The number of anilines is 2. The fourth-order valence-corrected chi connectivity index (χ4v) is 1.69. The van der Waals surface area contributed by atoms with Gasteiger partial charge in [0.15, 0.2) is 0 Å². The topological polar surface area (TPSA) is 69.6 Å². The predicted molar refractivity (Wildman–Crippen MR) is 77.2 cm³/mol. The molecule has 108 valence electrons. The van der Waals surface area contributed by atoms with Crippen LogP contribution in [0, 0.1) is 5.82 Å². The Morgan fingerprint density at radius 1 is 1.05 bits per heavy atom. The van der Waals surface area contributed by atoms with E-state index in [1.54, 1.807) is 7.05 Å². The summed E-state index contributed by atoms with van der Waals surface area (Å²) in [7, 11) is 1.55. The summed E-state index contributed by atoms with van der Waals surface area (Å²) in [6.45, 7) is 0. The van der Waals surface area contributed by atoms with E-state index in [2.05, 4.69) is 5.32 Å². The predicted octanol–water partition coefficient (Wildman–Crippen LogP) is 3.19. The van der Waals surface area contributed by atoms with Crippen LogP contribution in [0.15, 0.2) is 48.5 Å². The average molecular weight is 288 g/mol. The second kappa shape index (κ2) is 6.04. The molecule has 21 heavy (non-hydrogen) atoms. The van der Waals surface area contributed by atoms with E-state index in [-0.39, 0.29) is 11.4 Å². The Balaban J connectivity index is 2.06. The molecule has 0 aliphatic carbocycles. The smallest absolute Gasteiger partial charge is 0.335 e. The molecule has 0 aliphatic rings. The molecule has 0 atom stereocenters. The minimum Gasteiger partial charge on any atom is -0.478 e. The van der Waals surface area contributed by atoms with E-state index in [1.165, 1.54) is 53.4 Å². The lowest BCUT2D eigenvalue weighted by molar-refractivity contribution is 0.0697. The Hall–Kier alpha value is -2.89. The van der Waals surface area contributed by atoms with E-state index in [4.69, 9.17) is 5.11 Å². The van der Waals surface area contributed by atoms with Crippen LogP contribution in [0.25, 0.3) is 0 Å². The number of aromatic carboxylic acids is 1. The normalized spacial score (nSPS) is 10.0. The average Bonchev–Trinajstić information content (AvgIpc) is 2.47. The molecule has 0 saturated heterocycles. The third kappa shape index (κ3) is 3.56. The molecule has 0 aromatic heterocycles. The van der Waals surface area contributed by atoms with E-state index in [0.29, 0.717) is 11.4 Å². The number of hydrogen-bond donors (Lipinski definition) is 2. The van der Waals surface area contributed by atoms with Gasteiger partial charge < -0.3 is 10.4 Å². The summed E-state index contributed by atoms with van der Waals surface area (Å²) < 4.78 is 12.8. The number of carboxylic acids is 1. The van der Waals surface area contributed by atoms with Gasteiger partial charge in [-0.1, -0.05) is 0 Å². The molecule has 0 saturated carbocycles. The Morgan fingerprint density at radius 3 is 2.14 bits per heavy atom. The minimum atomic E-state index is -1.03. The minimum absolute atomic E-state index is 0.139. The molecule has 2 amide bonds. The van der Waals surface area contributed by atoms with Crippen molar-refractivity contribution >= 4 is 23.4 Å². The maximum absolute atomic E-state index is 12.8. The first kappa shape index (κ1) is 14.5. The number of rotatable bonds is 3. The van der Waals surface area contributed by atoms with Crippen LogP contribution in [0.1, 0.15) is 10.4 Å². The summed E-state index contributed by atoms with van der Waals surface area (Å²) in [5, 5.41) is 11.4. The Morgan fingerprint density at radius 2 is 1.62 bits per heavy atom. The summed E-state index contributed by atoms with van der Waals surface area (Å²) in [6, 6.07) is 10.9. The highest BCUT2D eigenvalue weighted by Crippen LogP contribution is 2.15. The van der Waals surface area contributed by atoms with Gasteiger partial charge in [-0.05, 0) is 48.5 Å². The van der Waals surface area contributed by atoms with Crippen molar-refractivity contribution in [2.75, 3.05) is 17.3 Å². The number of carbonyl (C=O) groups excluding carboxylic acids is 1. The van der Waals surface area contributed by atoms with Gasteiger partial charge in [-0.25, -0.2) is 14.0 Å². The molecule has 2 aromatic carbocycles.